The van der Waals surface area contributed by atoms with Crippen molar-refractivity contribution in [1.82, 2.24) is 4.98 Å². The van der Waals surface area contributed by atoms with E-state index in [-0.39, 0.29) is 6.42 Å². The molecule has 0 amide bonds. The topological polar surface area (TPSA) is 87.5 Å². The van der Waals surface area contributed by atoms with Crippen molar-refractivity contribution in [3.63, 3.8) is 0 Å². The van der Waals surface area contributed by atoms with E-state index >= 15 is 0 Å². The Labute approximate surface area is 96.8 Å². The van der Waals surface area contributed by atoms with Crippen LogP contribution in [-0.2, 0) is 22.4 Å². The van der Waals surface area contributed by atoms with Crippen LogP contribution in [0.25, 0.3) is 0 Å². The lowest BCUT2D eigenvalue weighted by atomic mass is 10.1. The van der Waals surface area contributed by atoms with E-state index in [9.17, 15) is 9.59 Å². The molecule has 0 aliphatic rings. The molecule has 0 radical (unpaired) electrons. The summed E-state index contributed by atoms with van der Waals surface area (Å²) < 4.78 is 0. The van der Waals surface area contributed by atoms with Gasteiger partial charge in [-0.15, -0.1) is 11.3 Å². The lowest BCUT2D eigenvalue weighted by Gasteiger charge is -2.03. The summed E-state index contributed by atoms with van der Waals surface area (Å²) in [4.78, 5) is 25.5. The second-order valence-electron chi connectivity index (χ2n) is 3.42. The molecule has 0 aliphatic carbocycles. The highest BCUT2D eigenvalue weighted by Gasteiger charge is 2.27. The van der Waals surface area contributed by atoms with E-state index in [0.29, 0.717) is 5.01 Å². The molecule has 0 aromatic carbocycles. The molecule has 0 aliphatic heterocycles. The highest BCUT2D eigenvalue weighted by Crippen LogP contribution is 2.16. The average molecular weight is 243 g/mol. The van der Waals surface area contributed by atoms with Gasteiger partial charge in [-0.25, -0.2) is 4.98 Å². The third-order valence-electron chi connectivity index (χ3n) is 2.08. The van der Waals surface area contributed by atoms with Gasteiger partial charge in [0.05, 0.1) is 10.7 Å². The largest absolute Gasteiger partial charge is 0.481 e. The molecule has 0 spiro atoms. The lowest BCUT2D eigenvalue weighted by molar-refractivity contribution is -0.154. The summed E-state index contributed by atoms with van der Waals surface area (Å²) in [5.41, 5.74) is 0.900. The molecule has 5 nitrogen and oxygen atoms in total. The molecule has 6 heteroatoms. The van der Waals surface area contributed by atoms with Crippen molar-refractivity contribution in [1.29, 1.82) is 0 Å². The van der Waals surface area contributed by atoms with E-state index in [1.165, 1.54) is 11.3 Å². The number of carboxylic acids is 2. The van der Waals surface area contributed by atoms with E-state index in [2.05, 4.69) is 4.98 Å². The first kappa shape index (κ1) is 12.6. The molecule has 0 saturated carbocycles. The standard InChI is InChI=1S/C10H13NO4S/c1-2-3-6-5-16-8(11-6)4-7(9(12)13)10(14)15/h5,7H,2-4H2,1H3,(H,12,13)(H,14,15). The molecule has 1 aromatic rings. The highest BCUT2D eigenvalue weighted by molar-refractivity contribution is 7.09. The number of carboxylic acid groups (broad SMARTS) is 2. The van der Waals surface area contributed by atoms with Crippen molar-refractivity contribution in [2.75, 3.05) is 0 Å². The van der Waals surface area contributed by atoms with Crippen molar-refractivity contribution >= 4 is 23.3 Å². The second kappa shape index (κ2) is 5.60. The quantitative estimate of drug-likeness (QED) is 0.738. The number of hydrogen-bond donors (Lipinski definition) is 2. The Hall–Kier alpha value is -1.43. The number of rotatable bonds is 6. The van der Waals surface area contributed by atoms with Crippen molar-refractivity contribution in [2.45, 2.75) is 26.2 Å². The van der Waals surface area contributed by atoms with Gasteiger partial charge in [-0.3, -0.25) is 9.59 Å². The molecule has 0 fully saturated rings. The molecule has 0 saturated heterocycles. The van der Waals surface area contributed by atoms with Crippen LogP contribution in [-0.4, -0.2) is 27.1 Å². The van der Waals surface area contributed by atoms with Crippen LogP contribution in [0.3, 0.4) is 0 Å². The molecule has 1 aromatic heterocycles. The van der Waals surface area contributed by atoms with Crippen molar-refractivity contribution in [3.8, 4) is 0 Å². The van der Waals surface area contributed by atoms with Crippen LogP contribution in [0.5, 0.6) is 0 Å². The fourth-order valence-corrected chi connectivity index (χ4v) is 2.14. The highest BCUT2D eigenvalue weighted by atomic mass is 32.1. The number of aliphatic carboxylic acids is 2. The molecular formula is C10H13NO4S. The van der Waals surface area contributed by atoms with Crippen LogP contribution in [0.2, 0.25) is 0 Å². The van der Waals surface area contributed by atoms with E-state index in [1.54, 1.807) is 0 Å². The first-order valence-corrected chi connectivity index (χ1v) is 5.81. The number of thiazole rings is 1. The SMILES string of the molecule is CCCc1csc(CC(C(=O)O)C(=O)O)n1. The van der Waals surface area contributed by atoms with E-state index in [4.69, 9.17) is 10.2 Å². The summed E-state index contributed by atoms with van der Waals surface area (Å²) in [6.07, 6.45) is 1.75. The Kier molecular flexibility index (Phi) is 4.42. The van der Waals surface area contributed by atoms with Gasteiger partial charge < -0.3 is 10.2 Å². The molecule has 0 atom stereocenters. The minimum Gasteiger partial charge on any atom is -0.481 e. The minimum absolute atomic E-state index is 0.0426. The van der Waals surface area contributed by atoms with Crippen LogP contribution in [0, 0.1) is 5.92 Å². The molecule has 0 unspecified atom stereocenters. The number of carbonyl (C=O) groups is 2. The summed E-state index contributed by atoms with van der Waals surface area (Å²) in [6, 6.07) is 0. The fourth-order valence-electron chi connectivity index (χ4n) is 1.27. The number of aryl methyl sites for hydroxylation is 1. The molecule has 1 heterocycles. The van der Waals surface area contributed by atoms with Gasteiger partial charge in [-0.2, -0.15) is 0 Å². The van der Waals surface area contributed by atoms with Crippen molar-refractivity contribution < 1.29 is 19.8 Å². The lowest BCUT2D eigenvalue weighted by Crippen LogP contribution is -2.25. The summed E-state index contributed by atoms with van der Waals surface area (Å²) in [7, 11) is 0. The summed E-state index contributed by atoms with van der Waals surface area (Å²) in [6.45, 7) is 2.02. The van der Waals surface area contributed by atoms with Crippen LogP contribution in [0.1, 0.15) is 24.0 Å². The molecule has 2 N–H and O–H groups in total. The van der Waals surface area contributed by atoms with Gasteiger partial charge >= 0.3 is 11.9 Å². The molecule has 1 rings (SSSR count). The maximum Gasteiger partial charge on any atom is 0.318 e. The predicted octanol–water partition coefficient (Wildman–Crippen LogP) is 1.42. The van der Waals surface area contributed by atoms with Crippen LogP contribution >= 0.6 is 11.3 Å². The van der Waals surface area contributed by atoms with Gasteiger partial charge in [-0.05, 0) is 6.42 Å². The first-order valence-electron chi connectivity index (χ1n) is 4.93. The fraction of sp³-hybridized carbons (Fsp3) is 0.500. The average Bonchev–Trinajstić information content (AvgIpc) is 2.61. The van der Waals surface area contributed by atoms with Crippen LogP contribution in [0.15, 0.2) is 5.38 Å². The summed E-state index contributed by atoms with van der Waals surface area (Å²) >= 11 is 1.31. The predicted molar refractivity (Wildman–Crippen MR) is 58.6 cm³/mol. The minimum atomic E-state index is -1.40. The van der Waals surface area contributed by atoms with Gasteiger partial charge in [0, 0.05) is 11.8 Å². The van der Waals surface area contributed by atoms with Crippen LogP contribution in [0.4, 0.5) is 0 Å². The number of nitrogens with zero attached hydrogens (tertiary/aromatic N) is 1. The Morgan fingerprint density at radius 2 is 2.06 bits per heavy atom. The Morgan fingerprint density at radius 3 is 2.56 bits per heavy atom. The van der Waals surface area contributed by atoms with Gasteiger partial charge in [-0.1, -0.05) is 13.3 Å². The monoisotopic (exact) mass is 243 g/mol. The zero-order valence-corrected chi connectivity index (χ0v) is 9.66. The first-order chi connectivity index (χ1) is 7.54. The molecule has 16 heavy (non-hydrogen) atoms. The van der Waals surface area contributed by atoms with Crippen LogP contribution < -0.4 is 0 Å². The Balaban J connectivity index is 2.70. The summed E-state index contributed by atoms with van der Waals surface area (Å²) in [5.74, 6) is -4.04. The smallest absolute Gasteiger partial charge is 0.318 e. The third kappa shape index (κ3) is 3.30. The van der Waals surface area contributed by atoms with E-state index in [1.807, 2.05) is 12.3 Å². The van der Waals surface area contributed by atoms with Crippen molar-refractivity contribution in [3.05, 3.63) is 16.1 Å². The van der Waals surface area contributed by atoms with Gasteiger partial charge in [0.15, 0.2) is 5.92 Å². The third-order valence-corrected chi connectivity index (χ3v) is 3.00. The molecule has 88 valence electrons. The van der Waals surface area contributed by atoms with Crippen molar-refractivity contribution in [2.24, 2.45) is 5.92 Å². The Bertz CT molecular complexity index is 374. The molecular weight excluding hydrogens is 230 g/mol. The summed E-state index contributed by atoms with van der Waals surface area (Å²) in [5, 5.41) is 19.8. The maximum absolute atomic E-state index is 10.7. The number of hydrogen-bond acceptors (Lipinski definition) is 4. The number of aromatic nitrogens is 1. The Morgan fingerprint density at radius 1 is 1.44 bits per heavy atom. The zero-order chi connectivity index (χ0) is 12.1. The maximum atomic E-state index is 10.7. The van der Waals surface area contributed by atoms with Gasteiger partial charge in [0.25, 0.3) is 0 Å². The normalized spacial score (nSPS) is 10.6. The molecule has 0 bridgehead atoms. The van der Waals surface area contributed by atoms with Gasteiger partial charge in [0.2, 0.25) is 0 Å². The second-order valence-corrected chi connectivity index (χ2v) is 4.36. The van der Waals surface area contributed by atoms with E-state index < -0.39 is 17.9 Å². The van der Waals surface area contributed by atoms with E-state index in [0.717, 1.165) is 18.5 Å². The van der Waals surface area contributed by atoms with Gasteiger partial charge in [0.1, 0.15) is 0 Å². The zero-order valence-electron chi connectivity index (χ0n) is 8.84.